The van der Waals surface area contributed by atoms with E-state index < -0.39 is 0 Å². The molecule has 0 aliphatic heterocycles. The van der Waals surface area contributed by atoms with Crippen molar-refractivity contribution in [3.63, 3.8) is 0 Å². The Morgan fingerprint density at radius 1 is 1.29 bits per heavy atom. The number of nitriles is 1. The lowest BCUT2D eigenvalue weighted by Crippen LogP contribution is -2.03. The standard InChI is InChI=1S/C14H15N3/c1-3-12-6-4-5-7-14(12)17-11(2)13(8-9-15)10-16-17/h4-7,10H,3,8H2,1-2H3. The van der Waals surface area contributed by atoms with Crippen molar-refractivity contribution in [2.24, 2.45) is 0 Å². The first kappa shape index (κ1) is 11.4. The molecule has 2 aromatic rings. The van der Waals surface area contributed by atoms with Crippen molar-refractivity contribution in [2.75, 3.05) is 0 Å². The van der Waals surface area contributed by atoms with Crippen molar-refractivity contribution < 1.29 is 0 Å². The number of aromatic nitrogens is 2. The summed E-state index contributed by atoms with van der Waals surface area (Å²) < 4.78 is 1.92. The predicted molar refractivity (Wildman–Crippen MR) is 67.0 cm³/mol. The van der Waals surface area contributed by atoms with E-state index in [4.69, 9.17) is 5.26 Å². The molecule has 1 heterocycles. The lowest BCUT2D eigenvalue weighted by molar-refractivity contribution is 0.830. The van der Waals surface area contributed by atoms with E-state index in [1.807, 2.05) is 23.7 Å². The molecule has 0 aliphatic rings. The molecule has 0 radical (unpaired) electrons. The van der Waals surface area contributed by atoms with Crippen molar-refractivity contribution in [2.45, 2.75) is 26.7 Å². The zero-order valence-corrected chi connectivity index (χ0v) is 10.1. The molecule has 0 amide bonds. The van der Waals surface area contributed by atoms with Gasteiger partial charge >= 0.3 is 0 Å². The van der Waals surface area contributed by atoms with Gasteiger partial charge in [0.05, 0.1) is 24.4 Å². The Morgan fingerprint density at radius 3 is 2.76 bits per heavy atom. The van der Waals surface area contributed by atoms with Crippen molar-refractivity contribution in [3.8, 4) is 11.8 Å². The highest BCUT2D eigenvalue weighted by molar-refractivity contribution is 5.42. The van der Waals surface area contributed by atoms with E-state index in [1.54, 1.807) is 6.20 Å². The van der Waals surface area contributed by atoms with Crippen LogP contribution in [0.1, 0.15) is 23.7 Å². The Balaban J connectivity index is 2.50. The van der Waals surface area contributed by atoms with Gasteiger partial charge in [-0.3, -0.25) is 0 Å². The first-order valence-electron chi connectivity index (χ1n) is 5.76. The minimum absolute atomic E-state index is 0.417. The van der Waals surface area contributed by atoms with Gasteiger partial charge in [-0.1, -0.05) is 25.1 Å². The second-order valence-corrected chi connectivity index (χ2v) is 3.98. The van der Waals surface area contributed by atoms with Crippen molar-refractivity contribution >= 4 is 0 Å². The van der Waals surface area contributed by atoms with Crippen LogP contribution in [-0.4, -0.2) is 9.78 Å². The van der Waals surface area contributed by atoms with Gasteiger partial charge in [0.25, 0.3) is 0 Å². The molecule has 3 nitrogen and oxygen atoms in total. The summed E-state index contributed by atoms with van der Waals surface area (Å²) in [6.07, 6.45) is 3.17. The smallest absolute Gasteiger partial charge is 0.0680 e. The van der Waals surface area contributed by atoms with Crippen LogP contribution in [0.5, 0.6) is 0 Å². The molecule has 0 saturated heterocycles. The molecule has 17 heavy (non-hydrogen) atoms. The summed E-state index contributed by atoms with van der Waals surface area (Å²) >= 11 is 0. The van der Waals surface area contributed by atoms with Crippen LogP contribution < -0.4 is 0 Å². The quantitative estimate of drug-likeness (QED) is 0.806. The fourth-order valence-electron chi connectivity index (χ4n) is 1.96. The zero-order chi connectivity index (χ0) is 12.3. The molecule has 1 aromatic carbocycles. The van der Waals surface area contributed by atoms with E-state index in [0.29, 0.717) is 6.42 Å². The van der Waals surface area contributed by atoms with E-state index in [9.17, 15) is 0 Å². The molecule has 0 aliphatic carbocycles. The third kappa shape index (κ3) is 2.07. The molecule has 0 atom stereocenters. The molecule has 2 rings (SSSR count). The number of para-hydroxylation sites is 1. The average Bonchev–Trinajstić information content (AvgIpc) is 2.72. The van der Waals surface area contributed by atoms with Crippen LogP contribution in [0, 0.1) is 18.3 Å². The maximum atomic E-state index is 8.74. The van der Waals surface area contributed by atoms with Crippen molar-refractivity contribution in [1.82, 2.24) is 9.78 Å². The fraction of sp³-hybridized carbons (Fsp3) is 0.286. The molecule has 0 saturated carbocycles. The summed E-state index contributed by atoms with van der Waals surface area (Å²) in [6.45, 7) is 4.14. The number of benzene rings is 1. The average molecular weight is 225 g/mol. The Morgan fingerprint density at radius 2 is 2.06 bits per heavy atom. The lowest BCUT2D eigenvalue weighted by Gasteiger charge is -2.09. The molecule has 86 valence electrons. The summed E-state index contributed by atoms with van der Waals surface area (Å²) in [5, 5.41) is 13.1. The van der Waals surface area contributed by atoms with Gasteiger partial charge in [-0.25, -0.2) is 4.68 Å². The topological polar surface area (TPSA) is 41.6 Å². The molecule has 0 N–H and O–H groups in total. The van der Waals surface area contributed by atoms with Crippen LogP contribution >= 0.6 is 0 Å². The number of hydrogen-bond donors (Lipinski definition) is 0. The number of hydrogen-bond acceptors (Lipinski definition) is 2. The SMILES string of the molecule is CCc1ccccc1-n1ncc(CC#N)c1C. The Hall–Kier alpha value is -2.08. The van der Waals surface area contributed by atoms with Crippen LogP contribution in [-0.2, 0) is 12.8 Å². The van der Waals surface area contributed by atoms with Gasteiger partial charge in [0.2, 0.25) is 0 Å². The summed E-state index contributed by atoms with van der Waals surface area (Å²) in [6, 6.07) is 10.4. The number of rotatable bonds is 3. The predicted octanol–water partition coefficient (Wildman–Crippen LogP) is 2.81. The Kier molecular flexibility index (Phi) is 3.24. The van der Waals surface area contributed by atoms with E-state index in [2.05, 4.69) is 30.2 Å². The first-order chi connectivity index (χ1) is 8.27. The second-order valence-electron chi connectivity index (χ2n) is 3.98. The largest absolute Gasteiger partial charge is 0.238 e. The molecule has 0 fully saturated rings. The minimum atomic E-state index is 0.417. The van der Waals surface area contributed by atoms with Crippen LogP contribution in [0.4, 0.5) is 0 Å². The third-order valence-electron chi connectivity index (χ3n) is 2.98. The van der Waals surface area contributed by atoms with E-state index in [1.165, 1.54) is 5.56 Å². The maximum Gasteiger partial charge on any atom is 0.0680 e. The van der Waals surface area contributed by atoms with Crippen LogP contribution in [0.15, 0.2) is 30.5 Å². The molecule has 1 aromatic heterocycles. The third-order valence-corrected chi connectivity index (χ3v) is 2.98. The highest BCUT2D eigenvalue weighted by atomic mass is 15.3. The second kappa shape index (κ2) is 4.84. The van der Waals surface area contributed by atoms with Gasteiger partial charge < -0.3 is 0 Å². The van der Waals surface area contributed by atoms with Gasteiger partial charge in [0, 0.05) is 11.3 Å². The molecule has 0 bridgehead atoms. The molecule has 3 heteroatoms. The van der Waals surface area contributed by atoms with Crippen LogP contribution in [0.25, 0.3) is 5.69 Å². The molecule has 0 unspecified atom stereocenters. The van der Waals surface area contributed by atoms with E-state index >= 15 is 0 Å². The van der Waals surface area contributed by atoms with Gasteiger partial charge in [-0.15, -0.1) is 0 Å². The van der Waals surface area contributed by atoms with Gasteiger partial charge in [-0.05, 0) is 25.0 Å². The van der Waals surface area contributed by atoms with Crippen molar-refractivity contribution in [1.29, 1.82) is 5.26 Å². The number of aryl methyl sites for hydroxylation is 1. The van der Waals surface area contributed by atoms with Gasteiger partial charge in [0.15, 0.2) is 0 Å². The highest BCUT2D eigenvalue weighted by Gasteiger charge is 2.09. The Labute approximate surface area is 101 Å². The monoisotopic (exact) mass is 225 g/mol. The first-order valence-corrected chi connectivity index (χ1v) is 5.76. The minimum Gasteiger partial charge on any atom is -0.238 e. The molecular formula is C14H15N3. The molecular weight excluding hydrogens is 210 g/mol. The summed E-state index contributed by atoms with van der Waals surface area (Å²) in [5.74, 6) is 0. The highest BCUT2D eigenvalue weighted by Crippen LogP contribution is 2.18. The number of nitrogens with zero attached hydrogens (tertiary/aromatic N) is 3. The van der Waals surface area contributed by atoms with Gasteiger partial charge in [-0.2, -0.15) is 10.4 Å². The van der Waals surface area contributed by atoms with E-state index in [0.717, 1.165) is 23.4 Å². The fourth-order valence-corrected chi connectivity index (χ4v) is 1.96. The van der Waals surface area contributed by atoms with Crippen LogP contribution in [0.2, 0.25) is 0 Å². The van der Waals surface area contributed by atoms with Gasteiger partial charge in [0.1, 0.15) is 0 Å². The van der Waals surface area contributed by atoms with Crippen molar-refractivity contribution in [3.05, 3.63) is 47.3 Å². The summed E-state index contributed by atoms with van der Waals surface area (Å²) in [7, 11) is 0. The summed E-state index contributed by atoms with van der Waals surface area (Å²) in [4.78, 5) is 0. The van der Waals surface area contributed by atoms with Crippen LogP contribution in [0.3, 0.4) is 0 Å². The Bertz CT molecular complexity index is 561. The zero-order valence-electron chi connectivity index (χ0n) is 10.1. The lowest BCUT2D eigenvalue weighted by atomic mass is 10.1. The molecule has 0 spiro atoms. The maximum absolute atomic E-state index is 8.74. The van der Waals surface area contributed by atoms with E-state index in [-0.39, 0.29) is 0 Å². The summed E-state index contributed by atoms with van der Waals surface area (Å²) in [5.41, 5.74) is 4.42. The normalized spacial score (nSPS) is 10.2.